The monoisotopic (exact) mass is 269 g/mol. The van der Waals surface area contributed by atoms with Gasteiger partial charge in [0.05, 0.1) is 4.92 Å². The molecule has 0 saturated carbocycles. The first-order valence-electron chi connectivity index (χ1n) is 5.36. The van der Waals surface area contributed by atoms with Crippen LogP contribution in [-0.4, -0.2) is 20.7 Å². The molecular weight excluding hydrogens is 254 g/mol. The molecule has 0 fully saturated rings. The van der Waals surface area contributed by atoms with Gasteiger partial charge in [-0.3, -0.25) is 10.1 Å². The second kappa shape index (κ2) is 5.39. The van der Waals surface area contributed by atoms with Gasteiger partial charge in [0.25, 0.3) is 5.69 Å². The average Bonchev–Trinajstić information content (AvgIpc) is 2.24. The lowest BCUT2D eigenvalue weighted by Gasteiger charge is -2.18. The van der Waals surface area contributed by atoms with Gasteiger partial charge in [-0.2, -0.15) is 11.8 Å². The molecule has 0 heterocycles. The fourth-order valence-electron chi connectivity index (χ4n) is 1.40. The summed E-state index contributed by atoms with van der Waals surface area (Å²) < 4.78 is -0.0274. The van der Waals surface area contributed by atoms with Gasteiger partial charge in [-0.25, -0.2) is 4.79 Å². The normalized spacial score (nSPS) is 11.3. The van der Waals surface area contributed by atoms with E-state index in [0.717, 1.165) is 0 Å². The molecule has 5 nitrogen and oxygen atoms in total. The summed E-state index contributed by atoms with van der Waals surface area (Å²) in [4.78, 5) is 21.3. The molecule has 1 aromatic rings. The quantitative estimate of drug-likeness (QED) is 0.669. The predicted octanol–water partition coefficient (Wildman–Crippen LogP) is 3.32. The molecule has 98 valence electrons. The summed E-state index contributed by atoms with van der Waals surface area (Å²) in [7, 11) is 0. The van der Waals surface area contributed by atoms with E-state index in [2.05, 4.69) is 0 Å². The van der Waals surface area contributed by atoms with E-state index in [1.807, 2.05) is 20.8 Å². The first kappa shape index (κ1) is 14.5. The van der Waals surface area contributed by atoms with Crippen molar-refractivity contribution < 1.29 is 14.8 Å². The van der Waals surface area contributed by atoms with E-state index in [4.69, 9.17) is 5.11 Å². The van der Waals surface area contributed by atoms with E-state index in [-0.39, 0.29) is 16.0 Å². The fourth-order valence-corrected chi connectivity index (χ4v) is 2.23. The van der Waals surface area contributed by atoms with Gasteiger partial charge < -0.3 is 5.11 Å². The van der Waals surface area contributed by atoms with Crippen LogP contribution < -0.4 is 0 Å². The van der Waals surface area contributed by atoms with Crippen molar-refractivity contribution in [2.75, 3.05) is 0 Å². The van der Waals surface area contributed by atoms with Crippen LogP contribution in [0.2, 0.25) is 0 Å². The zero-order valence-electron chi connectivity index (χ0n) is 10.5. The summed E-state index contributed by atoms with van der Waals surface area (Å²) in [6.07, 6.45) is 0. The van der Waals surface area contributed by atoms with Crippen molar-refractivity contribution >= 4 is 23.4 Å². The number of carboxylic acids is 1. The highest BCUT2D eigenvalue weighted by atomic mass is 32.2. The maximum atomic E-state index is 11.2. The number of nitrogens with zero attached hydrogens (tertiary/aromatic N) is 1. The lowest BCUT2D eigenvalue weighted by atomic mass is 10.1. The molecule has 0 aromatic heterocycles. The summed E-state index contributed by atoms with van der Waals surface area (Å²) in [5.41, 5.74) is -0.0783. The minimum absolute atomic E-state index is 0.0274. The van der Waals surface area contributed by atoms with Crippen molar-refractivity contribution in [2.45, 2.75) is 31.3 Å². The number of carbonyl (C=O) groups is 1. The Morgan fingerprint density at radius 1 is 1.44 bits per heavy atom. The molecule has 1 aromatic carbocycles. The van der Waals surface area contributed by atoms with Gasteiger partial charge in [0.1, 0.15) is 5.56 Å². The maximum absolute atomic E-state index is 11.2. The standard InChI is InChI=1S/C12H15NO4S/c1-12(2,3)18-7-8-5-4-6-9(13(16)17)10(8)11(14)15/h4-6H,7H2,1-3H3,(H,14,15). The molecule has 6 heteroatoms. The molecule has 0 unspecified atom stereocenters. The van der Waals surface area contributed by atoms with Gasteiger partial charge in [-0.1, -0.05) is 32.9 Å². The molecular formula is C12H15NO4S. The van der Waals surface area contributed by atoms with Gasteiger partial charge in [0.15, 0.2) is 0 Å². The van der Waals surface area contributed by atoms with Gasteiger partial charge in [-0.05, 0) is 5.56 Å². The lowest BCUT2D eigenvalue weighted by molar-refractivity contribution is -0.385. The molecule has 0 amide bonds. The minimum atomic E-state index is -1.26. The third-order valence-electron chi connectivity index (χ3n) is 2.20. The molecule has 0 aliphatic carbocycles. The zero-order chi connectivity index (χ0) is 13.9. The van der Waals surface area contributed by atoms with Crippen molar-refractivity contribution in [3.8, 4) is 0 Å². The van der Waals surface area contributed by atoms with Crippen LogP contribution >= 0.6 is 11.8 Å². The molecule has 1 rings (SSSR count). The van der Waals surface area contributed by atoms with E-state index in [0.29, 0.717) is 11.3 Å². The Balaban J connectivity index is 3.15. The van der Waals surface area contributed by atoms with Crippen LogP contribution in [0.15, 0.2) is 18.2 Å². The van der Waals surface area contributed by atoms with Crippen LogP contribution in [-0.2, 0) is 5.75 Å². The van der Waals surface area contributed by atoms with Crippen molar-refractivity contribution in [3.05, 3.63) is 39.4 Å². The molecule has 0 aliphatic heterocycles. The number of hydrogen-bond donors (Lipinski definition) is 1. The number of carboxylic acid groups (broad SMARTS) is 1. The Labute approximate surface area is 109 Å². The molecule has 1 N–H and O–H groups in total. The number of nitro benzene ring substituents is 1. The van der Waals surface area contributed by atoms with E-state index >= 15 is 0 Å². The Kier molecular flexibility index (Phi) is 4.34. The summed E-state index contributed by atoms with van der Waals surface area (Å²) in [6, 6.07) is 4.35. The summed E-state index contributed by atoms with van der Waals surface area (Å²) in [5, 5.41) is 19.9. The number of thioether (sulfide) groups is 1. The SMILES string of the molecule is CC(C)(C)SCc1cccc([N+](=O)[O-])c1C(=O)O. The van der Waals surface area contributed by atoms with Crippen molar-refractivity contribution in [2.24, 2.45) is 0 Å². The second-order valence-corrected chi connectivity index (χ2v) is 6.58. The third kappa shape index (κ3) is 3.73. The molecule has 0 aliphatic rings. The van der Waals surface area contributed by atoms with E-state index < -0.39 is 10.9 Å². The third-order valence-corrected chi connectivity index (χ3v) is 3.52. The number of aromatic carboxylic acids is 1. The van der Waals surface area contributed by atoms with Gasteiger partial charge in [0.2, 0.25) is 0 Å². The van der Waals surface area contributed by atoms with Crippen LogP contribution in [0.5, 0.6) is 0 Å². The minimum Gasteiger partial charge on any atom is -0.477 e. The highest BCUT2D eigenvalue weighted by molar-refractivity contribution is 7.99. The summed E-state index contributed by atoms with van der Waals surface area (Å²) >= 11 is 1.55. The van der Waals surface area contributed by atoms with Crippen LogP contribution in [0.25, 0.3) is 0 Å². The van der Waals surface area contributed by atoms with Crippen molar-refractivity contribution in [1.82, 2.24) is 0 Å². The van der Waals surface area contributed by atoms with Crippen molar-refractivity contribution in [1.29, 1.82) is 0 Å². The first-order valence-corrected chi connectivity index (χ1v) is 6.34. The molecule has 18 heavy (non-hydrogen) atoms. The van der Waals surface area contributed by atoms with Crippen molar-refractivity contribution in [3.63, 3.8) is 0 Å². The Morgan fingerprint density at radius 3 is 2.50 bits per heavy atom. The van der Waals surface area contributed by atoms with Gasteiger partial charge in [-0.15, -0.1) is 0 Å². The first-order chi connectivity index (χ1) is 8.22. The topological polar surface area (TPSA) is 80.4 Å². The van der Waals surface area contributed by atoms with Gasteiger partial charge >= 0.3 is 5.97 Å². The van der Waals surface area contributed by atoms with E-state index in [9.17, 15) is 14.9 Å². The van der Waals surface area contributed by atoms with Crippen LogP contribution in [0, 0.1) is 10.1 Å². The van der Waals surface area contributed by atoms with Crippen LogP contribution in [0.3, 0.4) is 0 Å². The largest absolute Gasteiger partial charge is 0.477 e. The van der Waals surface area contributed by atoms with Crippen LogP contribution in [0.1, 0.15) is 36.7 Å². The summed E-state index contributed by atoms with van der Waals surface area (Å²) in [5.74, 6) is -0.820. The molecule has 0 saturated heterocycles. The number of hydrogen-bond acceptors (Lipinski definition) is 4. The number of rotatable bonds is 4. The molecule has 0 spiro atoms. The van der Waals surface area contributed by atoms with Gasteiger partial charge in [0, 0.05) is 16.6 Å². The maximum Gasteiger partial charge on any atom is 0.343 e. The lowest BCUT2D eigenvalue weighted by Crippen LogP contribution is -2.10. The number of benzene rings is 1. The molecule has 0 bridgehead atoms. The fraction of sp³-hybridized carbons (Fsp3) is 0.417. The Bertz CT molecular complexity index is 479. The highest BCUT2D eigenvalue weighted by Gasteiger charge is 2.24. The van der Waals surface area contributed by atoms with Crippen LogP contribution in [0.4, 0.5) is 5.69 Å². The Hall–Kier alpha value is -1.56. The average molecular weight is 269 g/mol. The highest BCUT2D eigenvalue weighted by Crippen LogP contribution is 2.31. The van der Waals surface area contributed by atoms with E-state index in [1.54, 1.807) is 17.8 Å². The molecule has 0 radical (unpaired) electrons. The second-order valence-electron chi connectivity index (χ2n) is 4.77. The Morgan fingerprint density at radius 2 is 2.06 bits per heavy atom. The summed E-state index contributed by atoms with van der Waals surface area (Å²) in [6.45, 7) is 6.03. The predicted molar refractivity (Wildman–Crippen MR) is 71.1 cm³/mol. The number of nitro groups is 1. The van der Waals surface area contributed by atoms with E-state index in [1.165, 1.54) is 12.1 Å². The smallest absolute Gasteiger partial charge is 0.343 e. The zero-order valence-corrected chi connectivity index (χ0v) is 11.3. The molecule has 0 atom stereocenters.